The van der Waals surface area contributed by atoms with Crippen LogP contribution in [0.3, 0.4) is 0 Å². The van der Waals surface area contributed by atoms with Gasteiger partial charge in [0.05, 0.1) is 18.2 Å². The molecule has 22 heavy (non-hydrogen) atoms. The summed E-state index contributed by atoms with van der Waals surface area (Å²) in [7, 11) is 0. The van der Waals surface area contributed by atoms with Crippen LogP contribution in [0, 0.1) is 0 Å². The van der Waals surface area contributed by atoms with E-state index in [0.717, 1.165) is 0 Å². The van der Waals surface area contributed by atoms with Crippen molar-refractivity contribution in [2.75, 3.05) is 0 Å². The van der Waals surface area contributed by atoms with Crippen LogP contribution in [0.25, 0.3) is 0 Å². The van der Waals surface area contributed by atoms with Crippen LogP contribution >= 0.6 is 0 Å². The van der Waals surface area contributed by atoms with Crippen LogP contribution in [0.1, 0.15) is 26.4 Å². The molecule has 0 unspecified atom stereocenters. The fourth-order valence-corrected chi connectivity index (χ4v) is 1.83. The second kappa shape index (κ2) is 7.65. The molecule has 0 aliphatic rings. The number of nitrogens with one attached hydrogen (secondary N) is 1. The molecule has 1 aromatic heterocycles. The Balaban J connectivity index is 0.00000242. The van der Waals surface area contributed by atoms with Crippen molar-refractivity contribution in [3.63, 3.8) is 0 Å². The molecule has 8 nitrogen and oxygen atoms in total. The van der Waals surface area contributed by atoms with E-state index in [1.165, 1.54) is 0 Å². The van der Waals surface area contributed by atoms with Gasteiger partial charge in [-0.05, 0) is 5.56 Å². The molecule has 0 fully saturated rings. The second-order valence-corrected chi connectivity index (χ2v) is 4.15. The summed E-state index contributed by atoms with van der Waals surface area (Å²) in [4.78, 5) is 47.5. The Bertz CT molecular complexity index is 825. The Hall–Kier alpha value is -1.52. The molecule has 0 amide bonds. The molecule has 1 aromatic carbocycles. The van der Waals surface area contributed by atoms with Crippen molar-refractivity contribution in [1.29, 1.82) is 0 Å². The van der Waals surface area contributed by atoms with Crippen LogP contribution < -0.4 is 67.7 Å². The predicted octanol–water partition coefficient (Wildman–Crippen LogP) is -4.35. The quantitative estimate of drug-likeness (QED) is 0.545. The van der Waals surface area contributed by atoms with E-state index < -0.39 is 34.4 Å². The van der Waals surface area contributed by atoms with Crippen LogP contribution in [-0.2, 0) is 6.54 Å². The molecule has 2 rings (SSSR count). The number of carboxylic acids is 2. The molecule has 0 saturated heterocycles. The van der Waals surface area contributed by atoms with Gasteiger partial charge in [0.25, 0.3) is 5.56 Å². The number of aromatic carboxylic acids is 2. The Morgan fingerprint density at radius 3 is 2.27 bits per heavy atom. The maximum Gasteiger partial charge on any atom is 1.00 e. The molecular weight excluding hydrogens is 319 g/mol. The van der Waals surface area contributed by atoms with Gasteiger partial charge in [0.2, 0.25) is 0 Å². The Labute approximate surface area is 165 Å². The topological polar surface area (TPSA) is 132 Å². The summed E-state index contributed by atoms with van der Waals surface area (Å²) in [6.07, 6.45) is 0. The summed E-state index contributed by atoms with van der Waals surface area (Å²) >= 11 is 0. The number of rotatable bonds is 4. The second-order valence-electron chi connectivity index (χ2n) is 4.15. The van der Waals surface area contributed by atoms with Gasteiger partial charge in [0.15, 0.2) is 5.56 Å². The summed E-state index contributed by atoms with van der Waals surface area (Å²) in [6, 6.07) is 8.38. The van der Waals surface area contributed by atoms with Crippen molar-refractivity contribution in [3.05, 3.63) is 68.0 Å². The third-order valence-electron chi connectivity index (χ3n) is 2.79. The SMILES string of the molecule is O=C([O-])c1[nH]c(=O)n(Cc2ccccc2)c(=O)c1C(=O)O.[K+]. The molecule has 0 radical (unpaired) electrons. The Morgan fingerprint density at radius 2 is 1.77 bits per heavy atom. The number of aromatic nitrogens is 2. The normalized spacial score (nSPS) is 9.82. The third kappa shape index (κ3) is 3.81. The van der Waals surface area contributed by atoms with Gasteiger partial charge in [0.1, 0.15) is 0 Å². The van der Waals surface area contributed by atoms with Crippen LogP contribution in [0.4, 0.5) is 0 Å². The summed E-state index contributed by atoms with van der Waals surface area (Å²) in [5.74, 6) is -3.69. The number of hydrogen-bond acceptors (Lipinski definition) is 5. The van der Waals surface area contributed by atoms with Crippen LogP contribution in [0.5, 0.6) is 0 Å². The minimum Gasteiger partial charge on any atom is -0.543 e. The Kier molecular flexibility index (Phi) is 6.44. The van der Waals surface area contributed by atoms with Crippen LogP contribution in [-0.4, -0.2) is 26.6 Å². The first-order valence-corrected chi connectivity index (χ1v) is 5.77. The molecule has 2 aromatic rings. The zero-order valence-electron chi connectivity index (χ0n) is 11.5. The first kappa shape index (κ1) is 18.5. The standard InChI is InChI=1S/C13H10N2O6.K/c16-10-8(11(17)18)9(12(19)20)14-13(21)15(10)6-7-4-2-1-3-5-7;/h1-5H,6H2,(H,14,21)(H,17,18)(H,19,20);/q;+1/p-1. The summed E-state index contributed by atoms with van der Waals surface area (Å²) in [6.45, 7) is -0.178. The zero-order valence-corrected chi connectivity index (χ0v) is 14.7. The van der Waals surface area contributed by atoms with Gasteiger partial charge in [-0.25, -0.2) is 9.59 Å². The monoisotopic (exact) mass is 328 g/mol. The largest absolute Gasteiger partial charge is 1.00 e. The van der Waals surface area contributed by atoms with Gasteiger partial charge in [0, 0.05) is 0 Å². The van der Waals surface area contributed by atoms with E-state index in [-0.39, 0.29) is 57.9 Å². The van der Waals surface area contributed by atoms with E-state index in [4.69, 9.17) is 5.11 Å². The molecule has 0 spiro atoms. The third-order valence-corrected chi connectivity index (χ3v) is 2.79. The number of benzene rings is 1. The van der Waals surface area contributed by atoms with Crippen LogP contribution in [0.15, 0.2) is 39.9 Å². The van der Waals surface area contributed by atoms with Crippen molar-refractivity contribution < 1.29 is 71.2 Å². The van der Waals surface area contributed by atoms with Crippen molar-refractivity contribution in [2.45, 2.75) is 6.54 Å². The molecule has 0 aliphatic heterocycles. The number of nitrogens with zero attached hydrogens (tertiary/aromatic N) is 1. The van der Waals surface area contributed by atoms with Gasteiger partial charge < -0.3 is 20.0 Å². The van der Waals surface area contributed by atoms with Crippen molar-refractivity contribution in [1.82, 2.24) is 9.55 Å². The molecular formula is C13H9KN2O6. The number of carboxylic acid groups (broad SMARTS) is 2. The minimum absolute atomic E-state index is 0. The first-order chi connectivity index (χ1) is 9.91. The van der Waals surface area contributed by atoms with Crippen molar-refractivity contribution in [3.8, 4) is 0 Å². The molecule has 0 bridgehead atoms. The molecule has 0 saturated carbocycles. The van der Waals surface area contributed by atoms with E-state index in [1.54, 1.807) is 30.3 Å². The number of H-pyrrole nitrogens is 1. The van der Waals surface area contributed by atoms with Crippen molar-refractivity contribution in [2.24, 2.45) is 0 Å². The number of aromatic amines is 1. The first-order valence-electron chi connectivity index (χ1n) is 5.77. The fraction of sp³-hybridized carbons (Fsp3) is 0.0769. The van der Waals surface area contributed by atoms with Crippen molar-refractivity contribution >= 4 is 11.9 Å². The van der Waals surface area contributed by atoms with Gasteiger partial charge >= 0.3 is 63.0 Å². The number of carbonyl (C=O) groups excluding carboxylic acids is 1. The minimum atomic E-state index is -1.94. The fourth-order valence-electron chi connectivity index (χ4n) is 1.83. The summed E-state index contributed by atoms with van der Waals surface area (Å²) in [5.41, 5.74) is -3.71. The number of carbonyl (C=O) groups is 2. The van der Waals surface area contributed by atoms with E-state index in [0.29, 0.717) is 10.1 Å². The maximum atomic E-state index is 12.0. The average Bonchev–Trinajstić information content (AvgIpc) is 2.43. The van der Waals surface area contributed by atoms with E-state index >= 15 is 0 Å². The van der Waals surface area contributed by atoms with Gasteiger partial charge in [-0.1, -0.05) is 30.3 Å². The summed E-state index contributed by atoms with van der Waals surface area (Å²) in [5, 5.41) is 19.8. The van der Waals surface area contributed by atoms with Gasteiger partial charge in [-0.2, -0.15) is 0 Å². The molecule has 1 heterocycles. The molecule has 0 aliphatic carbocycles. The van der Waals surface area contributed by atoms with E-state index in [9.17, 15) is 24.3 Å². The maximum absolute atomic E-state index is 12.0. The van der Waals surface area contributed by atoms with Gasteiger partial charge in [-0.15, -0.1) is 0 Å². The smallest absolute Gasteiger partial charge is 0.543 e. The molecule has 108 valence electrons. The Morgan fingerprint density at radius 1 is 1.18 bits per heavy atom. The molecule has 0 atom stereocenters. The van der Waals surface area contributed by atoms with E-state index in [2.05, 4.69) is 0 Å². The number of hydrogen-bond donors (Lipinski definition) is 2. The average molecular weight is 328 g/mol. The molecule has 2 N–H and O–H groups in total. The van der Waals surface area contributed by atoms with E-state index in [1.807, 2.05) is 4.98 Å². The predicted molar refractivity (Wildman–Crippen MR) is 68.2 cm³/mol. The van der Waals surface area contributed by atoms with Crippen LogP contribution in [0.2, 0.25) is 0 Å². The zero-order chi connectivity index (χ0) is 15.6. The molecule has 9 heteroatoms. The summed E-state index contributed by atoms with van der Waals surface area (Å²) < 4.78 is 0.616. The van der Waals surface area contributed by atoms with Gasteiger partial charge in [-0.3, -0.25) is 9.36 Å².